The lowest BCUT2D eigenvalue weighted by Crippen LogP contribution is -2.57. The molecule has 5 aliphatic rings. The summed E-state index contributed by atoms with van der Waals surface area (Å²) in [6.07, 6.45) is 3.82. The summed E-state index contributed by atoms with van der Waals surface area (Å²) in [7, 11) is 0. The molecule has 25 heteroatoms. The Morgan fingerprint density at radius 2 is 1.61 bits per heavy atom. The monoisotopic (exact) mass is 1050 g/mol. The minimum atomic E-state index is -1.68. The molecule has 4 unspecified atom stereocenters. The number of unbranched alkanes of at least 4 members (excludes halogenated alkanes) is 1. The number of aliphatic hydroxyl groups excluding tert-OH is 2. The first-order valence-electron chi connectivity index (χ1n) is 24.5. The van der Waals surface area contributed by atoms with Crippen molar-refractivity contribution in [2.45, 2.75) is 108 Å². The maximum Gasteiger partial charge on any atom is 0.336 e. The predicted molar refractivity (Wildman–Crippen MR) is 262 cm³/mol. The number of ketones is 2. The Morgan fingerprint density at radius 1 is 0.893 bits per heavy atom. The van der Waals surface area contributed by atoms with Gasteiger partial charge in [-0.2, -0.15) is 0 Å². The van der Waals surface area contributed by atoms with Crippen LogP contribution in [0.2, 0.25) is 0 Å². The van der Waals surface area contributed by atoms with Gasteiger partial charge in [-0.05, 0) is 107 Å². The molecule has 0 radical (unpaired) electrons. The number of likely N-dealkylation sites (tertiary alicyclic amines) is 1. The van der Waals surface area contributed by atoms with E-state index in [2.05, 4.69) is 26.3 Å². The maximum absolute atomic E-state index is 14.8. The topological polar surface area (TPSA) is 386 Å². The number of fused-ring (bicyclic) bond motifs is 2. The zero-order chi connectivity index (χ0) is 54.8. The van der Waals surface area contributed by atoms with E-state index < -0.39 is 137 Å². The van der Waals surface area contributed by atoms with Crippen molar-refractivity contribution in [3.05, 3.63) is 87.9 Å². The summed E-state index contributed by atoms with van der Waals surface area (Å²) >= 11 is 0. The average Bonchev–Trinajstić information content (AvgIpc) is 4.07. The van der Waals surface area contributed by atoms with E-state index in [0.29, 0.717) is 32.1 Å². The lowest BCUT2D eigenvalue weighted by atomic mass is 9.77. The number of hydrogen-bond acceptors (Lipinski definition) is 14. The van der Waals surface area contributed by atoms with Crippen LogP contribution in [0, 0.1) is 17.8 Å². The van der Waals surface area contributed by atoms with E-state index in [9.17, 15) is 72.4 Å². The number of nitrogens with zero attached hydrogens (tertiary/aromatic N) is 2. The smallest absolute Gasteiger partial charge is 0.336 e. The average molecular weight is 1050 g/mol. The second-order valence-corrected chi connectivity index (χ2v) is 18.8. The van der Waals surface area contributed by atoms with E-state index in [-0.39, 0.29) is 85.7 Å². The summed E-state index contributed by atoms with van der Waals surface area (Å²) in [5, 5.41) is 50.6. The van der Waals surface area contributed by atoms with Gasteiger partial charge in [0.25, 0.3) is 5.91 Å². The van der Waals surface area contributed by atoms with Gasteiger partial charge in [0.1, 0.15) is 30.0 Å². The Labute approximate surface area is 428 Å². The van der Waals surface area contributed by atoms with Gasteiger partial charge in [-0.1, -0.05) is 12.5 Å². The van der Waals surface area contributed by atoms with E-state index in [1.165, 1.54) is 24.0 Å². The zero-order valence-corrected chi connectivity index (χ0v) is 40.9. The highest BCUT2D eigenvalue weighted by Gasteiger charge is 2.46. The number of guanidine groups is 1. The van der Waals surface area contributed by atoms with Crippen LogP contribution in [0.3, 0.4) is 0 Å². The normalized spacial score (nSPS) is 22.5. The van der Waals surface area contributed by atoms with Crippen LogP contribution in [-0.4, -0.2) is 147 Å². The molecule has 6 rings (SSSR count). The van der Waals surface area contributed by atoms with E-state index in [1.807, 2.05) is 0 Å². The summed E-state index contributed by atoms with van der Waals surface area (Å²) in [5.74, 6) is -14.7. The van der Waals surface area contributed by atoms with Gasteiger partial charge in [0.2, 0.25) is 29.4 Å². The number of aromatic carboxylic acids is 1. The number of allylic oxidation sites excluding steroid dienone is 4. The van der Waals surface area contributed by atoms with Crippen molar-refractivity contribution < 1.29 is 77.1 Å². The summed E-state index contributed by atoms with van der Waals surface area (Å²) in [4.78, 5) is 125. The molecule has 0 bridgehead atoms. The molecule has 5 amide bonds. The number of hydrogen-bond donors (Lipinski definition) is 11. The van der Waals surface area contributed by atoms with Crippen molar-refractivity contribution in [2.75, 3.05) is 26.2 Å². The molecule has 1 aromatic carbocycles. The molecule has 9 atom stereocenters. The number of halogens is 2. The number of ether oxygens (including phenoxy) is 1. The number of aliphatic carboxylic acids is 1. The molecule has 1 saturated heterocycles. The van der Waals surface area contributed by atoms with E-state index in [1.54, 1.807) is 0 Å². The van der Waals surface area contributed by atoms with Gasteiger partial charge in [0.15, 0.2) is 29.2 Å². The number of carbonyl (C=O) groups excluding carboxylic acids is 7. The number of nitrogens with one attached hydrogen (secondary N) is 4. The highest BCUT2D eigenvalue weighted by Crippen LogP contribution is 2.47. The number of Topliss-reactive ketones (excluding diaryl/α,β-unsaturated/α-hetero) is 1. The molecule has 0 aromatic heterocycles. The third kappa shape index (κ3) is 13.5. The van der Waals surface area contributed by atoms with Crippen molar-refractivity contribution in [2.24, 2.45) is 39.9 Å². The number of carboxylic acids is 2. The number of benzene rings is 1. The second kappa shape index (κ2) is 25.0. The van der Waals surface area contributed by atoms with E-state index in [0.717, 1.165) is 30.4 Å². The van der Waals surface area contributed by atoms with Crippen molar-refractivity contribution in [1.82, 2.24) is 26.2 Å². The molecule has 3 aliphatic carbocycles. The Bertz CT molecular complexity index is 2680. The minimum absolute atomic E-state index is 0.00532. The SMILES string of the molecule is CC(O)[C@H](NC(=O)CNC(=O)c1ccc(C2=C3C=C(F)C(=O)C=C3OC3C=C(O)C(F)=CC23)c(C(=O)O)c1)C(=O)N[C@@H](CCCCN)C(=O)C1CCC[C@H]1C(=O)N1CCC[C@H]1C(=O)N[C@@H](CCCN=C(N)N)C(=O)O. The molecule has 23 nitrogen and oxygen atoms in total. The van der Waals surface area contributed by atoms with Crippen LogP contribution >= 0.6 is 0 Å². The number of aliphatic hydroxyl groups is 2. The quantitative estimate of drug-likeness (QED) is 0.0406. The summed E-state index contributed by atoms with van der Waals surface area (Å²) < 4.78 is 35.2. The highest BCUT2D eigenvalue weighted by molar-refractivity contribution is 6.07. The van der Waals surface area contributed by atoms with E-state index in [4.69, 9.17) is 21.9 Å². The molecule has 1 saturated carbocycles. The fourth-order valence-corrected chi connectivity index (χ4v) is 9.95. The molecular weight excluding hydrogens is 989 g/mol. The van der Waals surface area contributed by atoms with Crippen molar-refractivity contribution in [1.29, 1.82) is 0 Å². The summed E-state index contributed by atoms with van der Waals surface area (Å²) in [5.41, 5.74) is 15.4. The lowest BCUT2D eigenvalue weighted by Gasteiger charge is -2.37. The molecular formula is C50H61F2N9O14. The third-order valence-electron chi connectivity index (χ3n) is 13.7. The van der Waals surface area contributed by atoms with Gasteiger partial charge >= 0.3 is 11.9 Å². The van der Waals surface area contributed by atoms with Crippen molar-refractivity contribution in [3.8, 4) is 0 Å². The highest BCUT2D eigenvalue weighted by atomic mass is 19.1. The number of carboxylic acid groups (broad SMARTS) is 2. The third-order valence-corrected chi connectivity index (χ3v) is 13.7. The number of amides is 5. The van der Waals surface area contributed by atoms with Gasteiger partial charge in [-0.15, -0.1) is 0 Å². The zero-order valence-electron chi connectivity index (χ0n) is 40.9. The molecule has 14 N–H and O–H groups in total. The van der Waals surface area contributed by atoms with Gasteiger partial charge in [0, 0.05) is 54.1 Å². The first kappa shape index (κ1) is 56.5. The molecule has 1 aromatic rings. The van der Waals surface area contributed by atoms with Gasteiger partial charge in [-0.25, -0.2) is 18.4 Å². The molecule has 404 valence electrons. The fourth-order valence-electron chi connectivity index (χ4n) is 9.95. The Morgan fingerprint density at radius 3 is 2.29 bits per heavy atom. The molecule has 2 fully saturated rings. The summed E-state index contributed by atoms with van der Waals surface area (Å²) in [6.45, 7) is 0.978. The first-order chi connectivity index (χ1) is 35.6. The second-order valence-electron chi connectivity index (χ2n) is 18.8. The van der Waals surface area contributed by atoms with Crippen LogP contribution in [0.15, 0.2) is 76.2 Å². The number of nitrogens with two attached hydrogens (primary N) is 3. The predicted octanol–water partition coefficient (Wildman–Crippen LogP) is 0.591. The van der Waals surface area contributed by atoms with Crippen LogP contribution < -0.4 is 38.5 Å². The van der Waals surface area contributed by atoms with Crippen LogP contribution in [0.5, 0.6) is 0 Å². The standard InChI is InChI=1S/C50H61F2N9O14/c1-23(62)42(60-40(65)22-57-44(67)24-12-13-25(28(17-24)48(71)72)41-29-18-31(51)36(63)20-38(29)75-39-21-37(64)32(52)19-30(39)41)46(69)58-33(9-2-3-14-53)43(66)26-7-4-8-27(26)47(70)61-16-6-11-35(61)45(68)59-34(49(73)74)10-5-15-56-50(54)55/h12-13,17-21,23,26-27,29,33-35,38,42,62-63H,2-11,14-16,22,53H2,1H3,(H,57,67)(H,58,69)(H,59,68)(H,60,65)(H,71,72)(H,73,74)(H4,54,55,56)/t23?,26?,27-,29?,33+,34+,35+,38?,42+/m1/s1. The van der Waals surface area contributed by atoms with E-state index >= 15 is 0 Å². The van der Waals surface area contributed by atoms with Gasteiger partial charge in [0.05, 0.1) is 24.3 Å². The van der Waals surface area contributed by atoms with Crippen LogP contribution in [0.25, 0.3) is 5.57 Å². The lowest BCUT2D eigenvalue weighted by molar-refractivity contribution is -0.146. The van der Waals surface area contributed by atoms with Crippen LogP contribution in [0.1, 0.15) is 97.4 Å². The fraction of sp³-hybridized carbons (Fsp3) is 0.480. The van der Waals surface area contributed by atoms with Crippen molar-refractivity contribution in [3.63, 3.8) is 0 Å². The number of carbonyl (C=O) groups is 9. The van der Waals surface area contributed by atoms with Crippen LogP contribution in [0.4, 0.5) is 8.78 Å². The summed E-state index contributed by atoms with van der Waals surface area (Å²) in [6, 6.07) is -1.84. The maximum atomic E-state index is 14.8. The molecule has 0 spiro atoms. The van der Waals surface area contributed by atoms with Crippen LogP contribution in [-0.2, 0) is 38.3 Å². The number of rotatable bonds is 23. The largest absolute Gasteiger partial charge is 0.505 e. The van der Waals surface area contributed by atoms with Gasteiger partial charge in [-0.3, -0.25) is 38.6 Å². The molecule has 2 aliphatic heterocycles. The van der Waals surface area contributed by atoms with Gasteiger partial charge < -0.3 is 68.5 Å². The Hall–Kier alpha value is -7.80. The molecule has 2 heterocycles. The first-order valence-corrected chi connectivity index (χ1v) is 24.5. The number of aliphatic imine (C=N–C) groups is 1. The Balaban J connectivity index is 1.11. The van der Waals surface area contributed by atoms with Crippen molar-refractivity contribution >= 4 is 64.6 Å². The molecule has 75 heavy (non-hydrogen) atoms. The Kier molecular flexibility index (Phi) is 18.8. The minimum Gasteiger partial charge on any atom is -0.505 e.